The molecule has 1 aliphatic carbocycles. The van der Waals surface area contributed by atoms with Crippen LogP contribution in [0.25, 0.3) is 16.8 Å². The summed E-state index contributed by atoms with van der Waals surface area (Å²) in [4.78, 5) is 21.1. The van der Waals surface area contributed by atoms with Crippen LogP contribution < -0.4 is 15.4 Å². The van der Waals surface area contributed by atoms with E-state index < -0.39 is 11.6 Å². The standard InChI is InChI=1S/C37H37Cl2F2N5O4/c1-48-12-2-3-23-13-22(29(38)17-43-23)19-46(25-6-7-25)37(47)34-28(14-24-16-42-18-33(34)44-24)21-4-8-26(9-5-21)49-20-27-15-32(45-50-27)35-30(40)10-11-31(41)36(35)39/h4-5,8-11,13,15,17,24-25,33,42,44H,2-3,6-7,12,14,16,18-20H2,1H3/t24-,33-/m0/s1. The predicted molar refractivity (Wildman–Crippen MR) is 186 cm³/mol. The summed E-state index contributed by atoms with van der Waals surface area (Å²) in [5.74, 6) is -0.554. The van der Waals surface area contributed by atoms with Crippen molar-refractivity contribution in [3.8, 4) is 17.0 Å². The van der Waals surface area contributed by atoms with Crippen LogP contribution in [0.5, 0.6) is 5.75 Å². The van der Waals surface area contributed by atoms with Gasteiger partial charge in [-0.1, -0.05) is 40.5 Å². The molecule has 0 spiro atoms. The van der Waals surface area contributed by atoms with E-state index in [0.717, 1.165) is 72.3 Å². The molecular formula is C37H37Cl2F2N5O4. The number of nitrogens with one attached hydrogen (secondary N) is 2. The monoisotopic (exact) mass is 723 g/mol. The number of benzene rings is 2. The molecule has 2 aliphatic heterocycles. The first-order valence-corrected chi connectivity index (χ1v) is 17.5. The van der Waals surface area contributed by atoms with Gasteiger partial charge in [0.15, 0.2) is 5.76 Å². The van der Waals surface area contributed by atoms with E-state index in [-0.39, 0.29) is 46.9 Å². The maximum Gasteiger partial charge on any atom is 0.252 e. The fraction of sp³-hybridized carbons (Fsp3) is 0.378. The van der Waals surface area contributed by atoms with Crippen LogP contribution in [-0.2, 0) is 29.1 Å². The highest BCUT2D eigenvalue weighted by atomic mass is 35.5. The number of ether oxygens (including phenoxy) is 2. The summed E-state index contributed by atoms with van der Waals surface area (Å²) >= 11 is 12.6. The number of fused-ring (bicyclic) bond motifs is 2. The van der Waals surface area contributed by atoms with E-state index >= 15 is 0 Å². The zero-order valence-electron chi connectivity index (χ0n) is 27.5. The van der Waals surface area contributed by atoms with Crippen LogP contribution in [0.15, 0.2) is 64.8 Å². The van der Waals surface area contributed by atoms with Crippen LogP contribution in [0.4, 0.5) is 8.78 Å². The second-order valence-electron chi connectivity index (χ2n) is 12.9. The molecule has 2 bridgehead atoms. The second kappa shape index (κ2) is 15.2. The minimum atomic E-state index is -0.751. The third-order valence-electron chi connectivity index (χ3n) is 9.34. The minimum Gasteiger partial charge on any atom is -0.486 e. The average molecular weight is 725 g/mol. The molecule has 1 saturated heterocycles. The SMILES string of the molecule is COCCCc1cc(CN(C(=O)C2=C(c3ccc(OCc4cc(-c5c(F)ccc(F)c5Cl)no4)cc3)C[C@H]3CNC[C@@H]2N3)C2CC2)c(Cl)cn1. The van der Waals surface area contributed by atoms with Crippen molar-refractivity contribution in [2.75, 3.05) is 26.8 Å². The average Bonchev–Trinajstić information content (AvgIpc) is 3.86. The Morgan fingerprint density at radius 1 is 1.08 bits per heavy atom. The van der Waals surface area contributed by atoms with Crippen LogP contribution in [0.1, 0.15) is 48.3 Å². The van der Waals surface area contributed by atoms with E-state index in [1.54, 1.807) is 13.3 Å². The molecule has 50 heavy (non-hydrogen) atoms. The fourth-order valence-electron chi connectivity index (χ4n) is 6.68. The van der Waals surface area contributed by atoms with Crippen molar-refractivity contribution in [1.82, 2.24) is 25.7 Å². The summed E-state index contributed by atoms with van der Waals surface area (Å²) in [7, 11) is 1.69. The van der Waals surface area contributed by atoms with Crippen molar-refractivity contribution in [2.45, 2.75) is 63.4 Å². The first kappa shape index (κ1) is 34.6. The maximum atomic E-state index is 14.6. The van der Waals surface area contributed by atoms with Gasteiger partial charge in [0.1, 0.15) is 29.7 Å². The second-order valence-corrected chi connectivity index (χ2v) is 13.7. The molecule has 4 heterocycles. The number of halogens is 4. The van der Waals surface area contributed by atoms with Gasteiger partial charge in [-0.3, -0.25) is 9.78 Å². The zero-order valence-corrected chi connectivity index (χ0v) is 29.0. The summed E-state index contributed by atoms with van der Waals surface area (Å²) in [5.41, 5.74) is 4.48. The van der Waals surface area contributed by atoms with E-state index in [1.807, 2.05) is 35.2 Å². The number of nitrogens with zero attached hydrogens (tertiary/aromatic N) is 3. The number of carbonyl (C=O) groups is 1. The van der Waals surface area contributed by atoms with Gasteiger partial charge in [0.2, 0.25) is 0 Å². The number of aryl methyl sites for hydroxylation is 1. The van der Waals surface area contributed by atoms with Gasteiger partial charge in [0.05, 0.1) is 21.7 Å². The summed E-state index contributed by atoms with van der Waals surface area (Å²) in [6.45, 7) is 2.55. The van der Waals surface area contributed by atoms with E-state index in [1.165, 1.54) is 6.07 Å². The smallest absolute Gasteiger partial charge is 0.252 e. The van der Waals surface area contributed by atoms with Gasteiger partial charge >= 0.3 is 0 Å². The molecule has 2 N–H and O–H groups in total. The van der Waals surface area contributed by atoms with E-state index in [4.69, 9.17) is 37.2 Å². The summed E-state index contributed by atoms with van der Waals surface area (Å²) in [5, 5.41) is 11.2. The number of amides is 1. The molecule has 7 rings (SSSR count). The Morgan fingerprint density at radius 2 is 1.88 bits per heavy atom. The lowest BCUT2D eigenvalue weighted by Gasteiger charge is -2.41. The molecule has 2 aromatic carbocycles. The molecule has 3 aliphatic rings. The molecule has 1 amide bonds. The molecule has 2 aromatic heterocycles. The number of hydrogen-bond acceptors (Lipinski definition) is 8. The molecular weight excluding hydrogens is 687 g/mol. The topological polar surface area (TPSA) is 102 Å². The van der Waals surface area contributed by atoms with Crippen molar-refractivity contribution >= 4 is 34.7 Å². The van der Waals surface area contributed by atoms with Gasteiger partial charge in [-0.25, -0.2) is 8.78 Å². The third-order valence-corrected chi connectivity index (χ3v) is 10.0. The van der Waals surface area contributed by atoms with E-state index in [9.17, 15) is 13.6 Å². The molecule has 4 aromatic rings. The molecule has 9 nitrogen and oxygen atoms in total. The van der Waals surface area contributed by atoms with Gasteiger partial charge in [-0.15, -0.1) is 0 Å². The van der Waals surface area contributed by atoms with Crippen LogP contribution in [0, 0.1) is 11.6 Å². The normalized spacial score (nSPS) is 18.7. The number of hydrogen-bond donors (Lipinski definition) is 2. The number of aromatic nitrogens is 2. The Kier molecular flexibility index (Phi) is 10.5. The maximum absolute atomic E-state index is 14.6. The first-order chi connectivity index (χ1) is 24.3. The fourth-order valence-corrected chi connectivity index (χ4v) is 7.10. The summed E-state index contributed by atoms with van der Waals surface area (Å²) < 4.78 is 44.8. The van der Waals surface area contributed by atoms with Crippen LogP contribution in [0.3, 0.4) is 0 Å². The van der Waals surface area contributed by atoms with Crippen LogP contribution in [-0.4, -0.2) is 65.9 Å². The van der Waals surface area contributed by atoms with Gasteiger partial charge < -0.3 is 29.5 Å². The Hall–Kier alpha value is -3.87. The highest BCUT2D eigenvalue weighted by molar-refractivity contribution is 6.33. The number of carbonyl (C=O) groups excluding carboxylic acids is 1. The van der Waals surface area contributed by atoms with Crippen molar-refractivity contribution < 1.29 is 27.6 Å². The van der Waals surface area contributed by atoms with Crippen molar-refractivity contribution in [3.63, 3.8) is 0 Å². The van der Waals surface area contributed by atoms with Gasteiger partial charge in [0.25, 0.3) is 5.91 Å². The van der Waals surface area contributed by atoms with E-state index in [2.05, 4.69) is 20.8 Å². The molecule has 13 heteroatoms. The van der Waals surface area contributed by atoms with Gasteiger partial charge in [-0.05, 0) is 79.1 Å². The molecule has 1 saturated carbocycles. The van der Waals surface area contributed by atoms with Gasteiger partial charge in [0, 0.05) is 69.0 Å². The van der Waals surface area contributed by atoms with Gasteiger partial charge in [-0.2, -0.15) is 0 Å². The highest BCUT2D eigenvalue weighted by Gasteiger charge is 2.41. The van der Waals surface area contributed by atoms with Crippen LogP contribution in [0.2, 0.25) is 10.0 Å². The lowest BCUT2D eigenvalue weighted by molar-refractivity contribution is -0.128. The molecule has 262 valence electrons. The Morgan fingerprint density at radius 3 is 2.66 bits per heavy atom. The lowest BCUT2D eigenvalue weighted by Crippen LogP contribution is -2.60. The Bertz CT molecular complexity index is 1900. The molecule has 2 fully saturated rings. The lowest BCUT2D eigenvalue weighted by atomic mass is 9.83. The quantitative estimate of drug-likeness (QED) is 0.115. The Labute approximate surface area is 298 Å². The first-order valence-electron chi connectivity index (χ1n) is 16.7. The Balaban J connectivity index is 1.10. The van der Waals surface area contributed by atoms with Crippen molar-refractivity contribution in [3.05, 3.63) is 105 Å². The predicted octanol–water partition coefficient (Wildman–Crippen LogP) is 6.76. The number of methoxy groups -OCH3 is 1. The molecule has 2 atom stereocenters. The summed E-state index contributed by atoms with van der Waals surface area (Å²) in [6.07, 6.45) is 5.92. The van der Waals surface area contributed by atoms with Crippen LogP contribution >= 0.6 is 23.2 Å². The number of piperazine rings is 1. The zero-order chi connectivity index (χ0) is 34.8. The van der Waals surface area contributed by atoms with E-state index in [0.29, 0.717) is 42.6 Å². The summed E-state index contributed by atoms with van der Waals surface area (Å²) in [6, 6.07) is 13.3. The third kappa shape index (κ3) is 7.57. The number of pyridine rings is 1. The highest BCUT2D eigenvalue weighted by Crippen LogP contribution is 2.38. The van der Waals surface area contributed by atoms with Crippen molar-refractivity contribution in [1.29, 1.82) is 0 Å². The van der Waals surface area contributed by atoms with Crippen molar-refractivity contribution in [2.24, 2.45) is 0 Å². The number of rotatable bonds is 13. The molecule has 0 unspecified atom stereocenters. The molecule has 0 radical (unpaired) electrons. The largest absolute Gasteiger partial charge is 0.486 e. The minimum absolute atomic E-state index is 0.00901.